The Bertz CT molecular complexity index is 273. The van der Waals surface area contributed by atoms with Crippen LogP contribution in [0.3, 0.4) is 0 Å². The Morgan fingerprint density at radius 1 is 1.18 bits per heavy atom. The van der Waals surface area contributed by atoms with E-state index in [0.29, 0.717) is 0 Å². The van der Waals surface area contributed by atoms with Crippen LogP contribution >= 0.6 is 12.4 Å². The number of unbranched alkanes of at least 4 members (excludes halogenated alkanes) is 4. The lowest BCUT2D eigenvalue weighted by Crippen LogP contribution is -2.15. The van der Waals surface area contributed by atoms with Crippen molar-refractivity contribution in [3.8, 4) is 0 Å². The summed E-state index contributed by atoms with van der Waals surface area (Å²) in [6.45, 7) is 7.33. The fourth-order valence-corrected chi connectivity index (χ4v) is 1.74. The molecule has 1 aromatic heterocycles. The summed E-state index contributed by atoms with van der Waals surface area (Å²) < 4.78 is 1.97. The van der Waals surface area contributed by atoms with Gasteiger partial charge < -0.3 is 5.32 Å². The summed E-state index contributed by atoms with van der Waals surface area (Å²) in [7, 11) is 0. The molecular formula is C13H26ClN3. The van der Waals surface area contributed by atoms with E-state index in [2.05, 4.69) is 30.3 Å². The van der Waals surface area contributed by atoms with Gasteiger partial charge in [0.2, 0.25) is 0 Å². The molecule has 1 N–H and O–H groups in total. The van der Waals surface area contributed by atoms with Crippen LogP contribution in [-0.2, 0) is 13.1 Å². The van der Waals surface area contributed by atoms with Crippen LogP contribution in [0.15, 0.2) is 12.3 Å². The number of nitrogens with one attached hydrogen (secondary N) is 1. The predicted octanol–water partition coefficient (Wildman–Crippen LogP) is 3.38. The van der Waals surface area contributed by atoms with Gasteiger partial charge in [-0.25, -0.2) is 0 Å². The Labute approximate surface area is 111 Å². The highest BCUT2D eigenvalue weighted by Crippen LogP contribution is 2.01. The van der Waals surface area contributed by atoms with Crippen LogP contribution in [0, 0.1) is 0 Å². The molecule has 0 atom stereocenters. The lowest BCUT2D eigenvalue weighted by atomic mass is 10.1. The molecule has 0 aliphatic heterocycles. The van der Waals surface area contributed by atoms with E-state index in [1.165, 1.54) is 32.1 Å². The molecule has 1 heterocycles. The SMILES string of the molecule is CCCCCCCNCc1ccn(CC)n1.Cl. The molecule has 0 aliphatic carbocycles. The summed E-state index contributed by atoms with van der Waals surface area (Å²) in [6.07, 6.45) is 8.75. The van der Waals surface area contributed by atoms with Gasteiger partial charge in [-0.1, -0.05) is 32.6 Å². The molecule has 0 radical (unpaired) electrons. The van der Waals surface area contributed by atoms with Crippen LogP contribution in [0.4, 0.5) is 0 Å². The van der Waals surface area contributed by atoms with Gasteiger partial charge in [0, 0.05) is 19.3 Å². The summed E-state index contributed by atoms with van der Waals surface area (Å²) in [4.78, 5) is 0. The molecule has 0 aromatic carbocycles. The van der Waals surface area contributed by atoms with Gasteiger partial charge in [-0.2, -0.15) is 5.10 Å². The Morgan fingerprint density at radius 3 is 2.59 bits per heavy atom. The van der Waals surface area contributed by atoms with Gasteiger partial charge in [-0.15, -0.1) is 12.4 Å². The van der Waals surface area contributed by atoms with E-state index in [1.807, 2.05) is 10.9 Å². The first-order valence-electron chi connectivity index (χ1n) is 6.59. The van der Waals surface area contributed by atoms with Crippen LogP contribution in [-0.4, -0.2) is 16.3 Å². The number of hydrogen-bond acceptors (Lipinski definition) is 2. The zero-order chi connectivity index (χ0) is 11.6. The van der Waals surface area contributed by atoms with Gasteiger partial charge >= 0.3 is 0 Å². The van der Waals surface area contributed by atoms with Gasteiger partial charge in [-0.3, -0.25) is 4.68 Å². The maximum Gasteiger partial charge on any atom is 0.0762 e. The third kappa shape index (κ3) is 7.40. The van der Waals surface area contributed by atoms with Crippen LogP contribution in [0.25, 0.3) is 0 Å². The third-order valence-corrected chi connectivity index (χ3v) is 2.78. The van der Waals surface area contributed by atoms with Gasteiger partial charge in [0.25, 0.3) is 0 Å². The van der Waals surface area contributed by atoms with Crippen LogP contribution in [0.1, 0.15) is 51.6 Å². The molecule has 3 nitrogen and oxygen atoms in total. The first-order valence-corrected chi connectivity index (χ1v) is 6.59. The monoisotopic (exact) mass is 259 g/mol. The molecule has 1 aromatic rings. The van der Waals surface area contributed by atoms with Crippen molar-refractivity contribution < 1.29 is 0 Å². The van der Waals surface area contributed by atoms with Gasteiger partial charge in [0.1, 0.15) is 0 Å². The second-order valence-corrected chi connectivity index (χ2v) is 4.25. The highest BCUT2D eigenvalue weighted by Gasteiger charge is 1.96. The van der Waals surface area contributed by atoms with Crippen LogP contribution < -0.4 is 5.32 Å². The molecule has 0 amide bonds. The molecule has 0 aliphatic rings. The quantitative estimate of drug-likeness (QED) is 0.689. The average Bonchev–Trinajstić information content (AvgIpc) is 2.76. The zero-order valence-corrected chi connectivity index (χ0v) is 11.9. The lowest BCUT2D eigenvalue weighted by molar-refractivity contribution is 0.572. The molecule has 100 valence electrons. The summed E-state index contributed by atoms with van der Waals surface area (Å²) in [6, 6.07) is 2.09. The molecule has 0 saturated heterocycles. The summed E-state index contributed by atoms with van der Waals surface area (Å²) in [5.74, 6) is 0. The summed E-state index contributed by atoms with van der Waals surface area (Å²) in [5.41, 5.74) is 1.15. The van der Waals surface area contributed by atoms with E-state index in [4.69, 9.17) is 0 Å². The molecule has 17 heavy (non-hydrogen) atoms. The second kappa shape index (κ2) is 10.6. The summed E-state index contributed by atoms with van der Waals surface area (Å²) in [5, 5.41) is 7.87. The van der Waals surface area contributed by atoms with Crippen LogP contribution in [0.5, 0.6) is 0 Å². The van der Waals surface area contributed by atoms with E-state index in [9.17, 15) is 0 Å². The molecule has 0 fully saturated rings. The Kier molecular flexibility index (Phi) is 10.3. The molecular weight excluding hydrogens is 234 g/mol. The molecule has 1 rings (SSSR count). The van der Waals surface area contributed by atoms with Gasteiger partial charge in [0.05, 0.1) is 5.69 Å². The first kappa shape index (κ1) is 16.5. The number of aryl methyl sites for hydroxylation is 1. The van der Waals surface area contributed by atoms with Crippen molar-refractivity contribution >= 4 is 12.4 Å². The van der Waals surface area contributed by atoms with Crippen molar-refractivity contribution in [2.75, 3.05) is 6.54 Å². The topological polar surface area (TPSA) is 29.9 Å². The summed E-state index contributed by atoms with van der Waals surface area (Å²) >= 11 is 0. The van der Waals surface area contributed by atoms with Crippen molar-refractivity contribution in [1.82, 2.24) is 15.1 Å². The minimum atomic E-state index is 0. The Morgan fingerprint density at radius 2 is 1.94 bits per heavy atom. The van der Waals surface area contributed by atoms with Crippen molar-refractivity contribution in [3.63, 3.8) is 0 Å². The normalized spacial score (nSPS) is 10.2. The number of halogens is 1. The van der Waals surface area contributed by atoms with E-state index in [1.54, 1.807) is 0 Å². The van der Waals surface area contributed by atoms with Crippen molar-refractivity contribution in [1.29, 1.82) is 0 Å². The number of aromatic nitrogens is 2. The molecule has 0 bridgehead atoms. The second-order valence-electron chi connectivity index (χ2n) is 4.25. The standard InChI is InChI=1S/C13H25N3.ClH/c1-3-5-6-7-8-10-14-12-13-9-11-16(4-2)15-13;/h9,11,14H,3-8,10,12H2,1-2H3;1H. The van der Waals surface area contributed by atoms with Crippen molar-refractivity contribution in [2.24, 2.45) is 0 Å². The van der Waals surface area contributed by atoms with E-state index >= 15 is 0 Å². The van der Waals surface area contributed by atoms with Crippen molar-refractivity contribution in [3.05, 3.63) is 18.0 Å². The smallest absolute Gasteiger partial charge is 0.0762 e. The number of nitrogens with zero attached hydrogens (tertiary/aromatic N) is 2. The predicted molar refractivity (Wildman–Crippen MR) is 75.6 cm³/mol. The maximum absolute atomic E-state index is 4.43. The largest absolute Gasteiger partial charge is 0.311 e. The lowest BCUT2D eigenvalue weighted by Gasteiger charge is -2.02. The number of hydrogen-bond donors (Lipinski definition) is 1. The van der Waals surface area contributed by atoms with Gasteiger partial charge in [-0.05, 0) is 26.0 Å². The average molecular weight is 260 g/mol. The third-order valence-electron chi connectivity index (χ3n) is 2.78. The minimum absolute atomic E-state index is 0. The molecule has 4 heteroatoms. The molecule has 0 unspecified atom stereocenters. The molecule has 0 saturated carbocycles. The van der Waals surface area contributed by atoms with Gasteiger partial charge in [0.15, 0.2) is 0 Å². The van der Waals surface area contributed by atoms with E-state index in [-0.39, 0.29) is 12.4 Å². The fraction of sp³-hybridized carbons (Fsp3) is 0.769. The Hall–Kier alpha value is -0.540. The number of rotatable bonds is 9. The van der Waals surface area contributed by atoms with E-state index in [0.717, 1.165) is 25.3 Å². The zero-order valence-electron chi connectivity index (χ0n) is 11.1. The molecule has 0 spiro atoms. The fourth-order valence-electron chi connectivity index (χ4n) is 1.74. The highest BCUT2D eigenvalue weighted by atomic mass is 35.5. The van der Waals surface area contributed by atoms with Crippen molar-refractivity contribution in [2.45, 2.75) is 59.0 Å². The van der Waals surface area contributed by atoms with E-state index < -0.39 is 0 Å². The van der Waals surface area contributed by atoms with Crippen LogP contribution in [0.2, 0.25) is 0 Å². The minimum Gasteiger partial charge on any atom is -0.311 e. The Balaban J connectivity index is 0.00000256. The first-order chi connectivity index (χ1) is 7.86. The maximum atomic E-state index is 4.43. The highest BCUT2D eigenvalue weighted by molar-refractivity contribution is 5.85.